The lowest BCUT2D eigenvalue weighted by atomic mass is 9.72. The van der Waals surface area contributed by atoms with E-state index in [1.165, 1.54) is 32.2 Å². The predicted octanol–water partition coefficient (Wildman–Crippen LogP) is 2.27. The Bertz CT molecular complexity index is 1100. The number of aliphatic hydroxyl groups is 1. The van der Waals surface area contributed by atoms with Crippen molar-refractivity contribution in [3.05, 3.63) is 63.7 Å². The molecule has 4 rings (SSSR count). The number of carbonyl (C=O) groups excluding carboxylic acids is 4. The average Bonchev–Trinajstić information content (AvgIpc) is 2.71. The van der Waals surface area contributed by atoms with E-state index in [4.69, 9.17) is 9.47 Å². The Labute approximate surface area is 166 Å². The molecule has 2 aliphatic rings. The highest BCUT2D eigenvalue weighted by molar-refractivity contribution is 6.32. The molecule has 0 saturated heterocycles. The molecule has 0 aliphatic heterocycles. The number of ether oxygens (including phenoxy) is 2. The number of esters is 1. The first-order valence-electron chi connectivity index (χ1n) is 9.10. The zero-order chi connectivity index (χ0) is 21.0. The summed E-state index contributed by atoms with van der Waals surface area (Å²) in [5.74, 6) is -2.63. The highest BCUT2D eigenvalue weighted by atomic mass is 16.5. The summed E-state index contributed by atoms with van der Waals surface area (Å²) in [5.41, 5.74) is 0.505. The Morgan fingerprint density at radius 1 is 0.966 bits per heavy atom. The summed E-state index contributed by atoms with van der Waals surface area (Å²) in [5, 5.41) is 10.5. The van der Waals surface area contributed by atoms with Gasteiger partial charge in [-0.3, -0.25) is 19.2 Å². The van der Waals surface area contributed by atoms with Crippen LogP contribution in [0.1, 0.15) is 67.7 Å². The second-order valence-electron chi connectivity index (χ2n) is 7.19. The van der Waals surface area contributed by atoms with E-state index in [9.17, 15) is 24.3 Å². The monoisotopic (exact) mass is 394 g/mol. The van der Waals surface area contributed by atoms with Gasteiger partial charge in [-0.2, -0.15) is 0 Å². The Morgan fingerprint density at radius 2 is 1.62 bits per heavy atom. The number of aliphatic hydroxyl groups excluding tert-OH is 1. The van der Waals surface area contributed by atoms with Gasteiger partial charge in [0.15, 0.2) is 17.3 Å². The first-order valence-corrected chi connectivity index (χ1v) is 9.10. The largest absolute Gasteiger partial charge is 0.496 e. The van der Waals surface area contributed by atoms with Crippen molar-refractivity contribution in [3.63, 3.8) is 0 Å². The third kappa shape index (κ3) is 2.61. The van der Waals surface area contributed by atoms with Gasteiger partial charge in [0, 0.05) is 40.7 Å². The van der Waals surface area contributed by atoms with Gasteiger partial charge < -0.3 is 14.6 Å². The lowest BCUT2D eigenvalue weighted by Gasteiger charge is -2.35. The summed E-state index contributed by atoms with van der Waals surface area (Å²) in [6.07, 6.45) is -2.37. The Hall–Kier alpha value is -3.32. The zero-order valence-corrected chi connectivity index (χ0v) is 16.0. The van der Waals surface area contributed by atoms with E-state index in [1.807, 2.05) is 0 Å². The van der Waals surface area contributed by atoms with E-state index in [1.54, 1.807) is 19.1 Å². The fourth-order valence-corrected chi connectivity index (χ4v) is 4.13. The molecule has 7 heteroatoms. The van der Waals surface area contributed by atoms with Crippen LogP contribution >= 0.6 is 0 Å². The Morgan fingerprint density at radius 3 is 2.28 bits per heavy atom. The summed E-state index contributed by atoms with van der Waals surface area (Å²) in [6, 6.07) is 7.63. The molecule has 0 unspecified atom stereocenters. The SMILES string of the molecule is COc1cccc2c1C(=O)c1ccc3c(c1C2=O)C(=O)[C@@H](O)[C@@H](C)[C@@H]3OC(C)=O. The van der Waals surface area contributed by atoms with Crippen LogP contribution in [0.25, 0.3) is 0 Å². The molecular weight excluding hydrogens is 376 g/mol. The van der Waals surface area contributed by atoms with Crippen molar-refractivity contribution < 1.29 is 33.8 Å². The molecular formula is C22H18O7. The lowest BCUT2D eigenvalue weighted by Crippen LogP contribution is -2.41. The van der Waals surface area contributed by atoms with E-state index in [0.29, 0.717) is 5.56 Å². The molecule has 29 heavy (non-hydrogen) atoms. The van der Waals surface area contributed by atoms with Crippen molar-refractivity contribution in [1.29, 1.82) is 0 Å². The molecule has 0 aromatic heterocycles. The molecule has 0 amide bonds. The minimum absolute atomic E-state index is 0.0578. The van der Waals surface area contributed by atoms with Gasteiger partial charge in [0.1, 0.15) is 18.0 Å². The molecule has 0 radical (unpaired) electrons. The van der Waals surface area contributed by atoms with E-state index < -0.39 is 41.4 Å². The summed E-state index contributed by atoms with van der Waals surface area (Å²) >= 11 is 0. The standard InChI is InChI=1S/C22H18O7/c1-9-18(24)21(27)17-13(22(9)29-10(2)23)8-7-12-16(17)20(26)11-5-4-6-14(28-3)15(11)19(12)25/h4-9,18,22,24H,1-3H3/t9-,18+,22+/m1/s1. The van der Waals surface area contributed by atoms with Gasteiger partial charge in [0.25, 0.3) is 0 Å². The molecule has 2 aromatic carbocycles. The van der Waals surface area contributed by atoms with Crippen LogP contribution in [0.4, 0.5) is 0 Å². The van der Waals surface area contributed by atoms with Gasteiger partial charge >= 0.3 is 5.97 Å². The van der Waals surface area contributed by atoms with Crippen LogP contribution in [-0.4, -0.2) is 41.6 Å². The first kappa shape index (κ1) is 19.0. The molecule has 7 nitrogen and oxygen atoms in total. The van der Waals surface area contributed by atoms with Crippen molar-refractivity contribution >= 4 is 23.3 Å². The normalized spacial score (nSPS) is 22.5. The molecule has 2 aliphatic carbocycles. The maximum atomic E-state index is 13.3. The van der Waals surface area contributed by atoms with Gasteiger partial charge in [-0.05, 0) is 12.1 Å². The number of hydrogen-bond donors (Lipinski definition) is 1. The topological polar surface area (TPSA) is 107 Å². The van der Waals surface area contributed by atoms with Crippen LogP contribution in [0, 0.1) is 5.92 Å². The molecule has 0 saturated carbocycles. The fourth-order valence-electron chi connectivity index (χ4n) is 4.13. The molecule has 0 spiro atoms. The van der Waals surface area contributed by atoms with Gasteiger partial charge in [0.2, 0.25) is 0 Å². The number of ketones is 3. The van der Waals surface area contributed by atoms with Gasteiger partial charge in [-0.1, -0.05) is 25.1 Å². The van der Waals surface area contributed by atoms with Crippen LogP contribution in [-0.2, 0) is 9.53 Å². The van der Waals surface area contributed by atoms with Gasteiger partial charge in [0.05, 0.1) is 12.7 Å². The number of rotatable bonds is 2. The Kier molecular flexibility index (Phi) is 4.35. The number of fused-ring (bicyclic) bond motifs is 4. The number of carbonyl (C=O) groups is 4. The van der Waals surface area contributed by atoms with Crippen molar-refractivity contribution in [2.45, 2.75) is 26.1 Å². The lowest BCUT2D eigenvalue weighted by molar-refractivity contribution is -0.151. The first-order chi connectivity index (χ1) is 13.8. The second-order valence-corrected chi connectivity index (χ2v) is 7.19. The summed E-state index contributed by atoms with van der Waals surface area (Å²) in [7, 11) is 1.40. The number of methoxy groups -OCH3 is 1. The van der Waals surface area contributed by atoms with E-state index in [-0.39, 0.29) is 33.6 Å². The molecule has 1 N–H and O–H groups in total. The van der Waals surface area contributed by atoms with E-state index in [2.05, 4.69) is 0 Å². The molecule has 2 aromatic rings. The zero-order valence-electron chi connectivity index (χ0n) is 16.0. The van der Waals surface area contributed by atoms with Crippen molar-refractivity contribution in [2.75, 3.05) is 7.11 Å². The highest BCUT2D eigenvalue weighted by Gasteiger charge is 2.45. The summed E-state index contributed by atoms with van der Waals surface area (Å²) in [6.45, 7) is 2.82. The predicted molar refractivity (Wildman–Crippen MR) is 100 cm³/mol. The molecule has 3 atom stereocenters. The smallest absolute Gasteiger partial charge is 0.303 e. The average molecular weight is 394 g/mol. The Balaban J connectivity index is 2.00. The number of benzene rings is 2. The van der Waals surface area contributed by atoms with Crippen LogP contribution in [0.15, 0.2) is 30.3 Å². The van der Waals surface area contributed by atoms with Gasteiger partial charge in [-0.25, -0.2) is 0 Å². The molecule has 0 bridgehead atoms. The van der Waals surface area contributed by atoms with Crippen molar-refractivity contribution in [2.24, 2.45) is 5.92 Å². The van der Waals surface area contributed by atoms with Crippen LogP contribution in [0.3, 0.4) is 0 Å². The highest BCUT2D eigenvalue weighted by Crippen LogP contribution is 2.43. The van der Waals surface area contributed by atoms with Crippen LogP contribution < -0.4 is 4.74 Å². The molecule has 0 heterocycles. The summed E-state index contributed by atoms with van der Waals surface area (Å²) < 4.78 is 10.6. The van der Waals surface area contributed by atoms with Crippen LogP contribution in [0.2, 0.25) is 0 Å². The minimum Gasteiger partial charge on any atom is -0.496 e. The quantitative estimate of drug-likeness (QED) is 0.665. The second kappa shape index (κ2) is 6.63. The summed E-state index contributed by atoms with van der Waals surface area (Å²) in [4.78, 5) is 51.0. The van der Waals surface area contributed by atoms with E-state index in [0.717, 1.165) is 0 Å². The maximum Gasteiger partial charge on any atom is 0.303 e. The number of Topliss-reactive ketones (excluding diaryl/α,β-unsaturated/α-hetero) is 1. The van der Waals surface area contributed by atoms with Gasteiger partial charge in [-0.15, -0.1) is 0 Å². The maximum absolute atomic E-state index is 13.3. The number of hydrogen-bond acceptors (Lipinski definition) is 7. The third-order valence-corrected chi connectivity index (χ3v) is 5.52. The van der Waals surface area contributed by atoms with Crippen LogP contribution in [0.5, 0.6) is 5.75 Å². The fraction of sp³-hybridized carbons (Fsp3) is 0.273. The minimum atomic E-state index is -1.46. The third-order valence-electron chi connectivity index (χ3n) is 5.52. The van der Waals surface area contributed by atoms with Crippen molar-refractivity contribution in [1.82, 2.24) is 0 Å². The molecule has 148 valence electrons. The van der Waals surface area contributed by atoms with E-state index >= 15 is 0 Å². The molecule has 0 fully saturated rings. The van der Waals surface area contributed by atoms with Crippen molar-refractivity contribution in [3.8, 4) is 5.75 Å².